The van der Waals surface area contributed by atoms with Gasteiger partial charge in [0.1, 0.15) is 6.20 Å². The molecule has 65 valence electrons. The Bertz CT molecular complexity index is 208. The largest absolute Gasteiger partial charge is 0.282 e. The van der Waals surface area contributed by atoms with Gasteiger partial charge in [0.25, 0.3) is 0 Å². The summed E-state index contributed by atoms with van der Waals surface area (Å²) in [6, 6.07) is 2.00. The molecule has 1 radical (unpaired) electrons. The fraction of sp³-hybridized carbons (Fsp3) is 0.700. The van der Waals surface area contributed by atoms with Crippen LogP contribution in [0.15, 0.2) is 6.07 Å². The van der Waals surface area contributed by atoms with E-state index < -0.39 is 0 Å². The van der Waals surface area contributed by atoms with Crippen molar-refractivity contribution in [2.45, 2.75) is 44.4 Å². The van der Waals surface area contributed by atoms with Crippen LogP contribution in [0.1, 0.15) is 50.1 Å². The molecule has 1 aliphatic rings. The summed E-state index contributed by atoms with van der Waals surface area (Å²) >= 11 is 0. The molecule has 0 bridgehead atoms. The fourth-order valence-electron chi connectivity index (χ4n) is 2.03. The molecule has 12 heavy (non-hydrogen) atoms. The average molecular weight is 163 g/mol. The number of aromatic amines is 1. The van der Waals surface area contributed by atoms with Gasteiger partial charge in [-0.15, -0.1) is 0 Å². The van der Waals surface area contributed by atoms with Crippen molar-refractivity contribution in [2.24, 2.45) is 0 Å². The first-order valence-electron chi connectivity index (χ1n) is 4.88. The third-order valence-electron chi connectivity index (χ3n) is 2.76. The molecule has 0 amide bonds. The third-order valence-corrected chi connectivity index (χ3v) is 2.76. The molecule has 1 aliphatic carbocycles. The van der Waals surface area contributed by atoms with Crippen molar-refractivity contribution in [1.82, 2.24) is 10.2 Å². The molecule has 1 N–H and O–H groups in total. The van der Waals surface area contributed by atoms with E-state index >= 15 is 0 Å². The predicted molar refractivity (Wildman–Crippen MR) is 47.9 cm³/mol. The van der Waals surface area contributed by atoms with Crippen molar-refractivity contribution in [1.29, 1.82) is 0 Å². The van der Waals surface area contributed by atoms with Gasteiger partial charge in [0.15, 0.2) is 0 Å². The van der Waals surface area contributed by atoms with Gasteiger partial charge in [-0.05, 0) is 18.9 Å². The Hall–Kier alpha value is -0.790. The van der Waals surface area contributed by atoms with E-state index in [-0.39, 0.29) is 0 Å². The van der Waals surface area contributed by atoms with E-state index in [4.69, 9.17) is 0 Å². The molecular formula is C10H15N2. The van der Waals surface area contributed by atoms with Crippen LogP contribution in [-0.2, 0) is 0 Å². The summed E-state index contributed by atoms with van der Waals surface area (Å²) in [6.45, 7) is 0. The first-order valence-corrected chi connectivity index (χ1v) is 4.88. The zero-order chi connectivity index (χ0) is 8.23. The van der Waals surface area contributed by atoms with E-state index in [9.17, 15) is 0 Å². The average Bonchev–Trinajstić information content (AvgIpc) is 2.48. The van der Waals surface area contributed by atoms with Crippen molar-refractivity contribution < 1.29 is 0 Å². The number of rotatable bonds is 1. The lowest BCUT2D eigenvalue weighted by molar-refractivity contribution is 0.576. The van der Waals surface area contributed by atoms with Gasteiger partial charge < -0.3 is 0 Å². The van der Waals surface area contributed by atoms with Crippen molar-refractivity contribution in [2.75, 3.05) is 0 Å². The van der Waals surface area contributed by atoms with Gasteiger partial charge in [-0.25, -0.2) is 0 Å². The summed E-state index contributed by atoms with van der Waals surface area (Å²) in [6.07, 6.45) is 11.1. The number of hydrogen-bond donors (Lipinski definition) is 1. The summed E-state index contributed by atoms with van der Waals surface area (Å²) in [5.74, 6) is 0.728. The molecule has 1 heterocycles. The maximum atomic E-state index is 3.88. The van der Waals surface area contributed by atoms with Gasteiger partial charge in [0.05, 0.1) is 0 Å². The van der Waals surface area contributed by atoms with E-state index in [0.29, 0.717) is 0 Å². The lowest BCUT2D eigenvalue weighted by Crippen LogP contribution is -1.97. The molecule has 2 nitrogen and oxygen atoms in total. The van der Waals surface area contributed by atoms with Crippen molar-refractivity contribution in [3.63, 3.8) is 0 Å². The SMILES string of the molecule is [c]1cc(C2CCCCCC2)[nH]n1. The van der Waals surface area contributed by atoms with Crippen LogP contribution in [0.4, 0.5) is 0 Å². The second kappa shape index (κ2) is 3.74. The molecule has 1 aromatic heterocycles. The number of nitrogens with one attached hydrogen (secondary N) is 1. The molecule has 0 unspecified atom stereocenters. The summed E-state index contributed by atoms with van der Waals surface area (Å²) in [7, 11) is 0. The van der Waals surface area contributed by atoms with Crippen molar-refractivity contribution in [3.8, 4) is 0 Å². The Labute approximate surface area is 73.4 Å². The third kappa shape index (κ3) is 1.68. The lowest BCUT2D eigenvalue weighted by Gasteiger charge is -2.10. The monoisotopic (exact) mass is 163 g/mol. The highest BCUT2D eigenvalue weighted by atomic mass is 15.1. The molecule has 1 aromatic rings. The summed E-state index contributed by atoms with van der Waals surface area (Å²) in [5, 5.41) is 6.91. The molecule has 2 heteroatoms. The number of H-pyrrole nitrogens is 1. The number of aromatic nitrogens is 2. The molecule has 0 aromatic carbocycles. The minimum atomic E-state index is 0.728. The summed E-state index contributed by atoms with van der Waals surface area (Å²) < 4.78 is 0. The summed E-state index contributed by atoms with van der Waals surface area (Å²) in [4.78, 5) is 0. The quantitative estimate of drug-likeness (QED) is 0.633. The zero-order valence-electron chi connectivity index (χ0n) is 7.34. The zero-order valence-corrected chi connectivity index (χ0v) is 7.34. The van der Waals surface area contributed by atoms with Gasteiger partial charge in [-0.1, -0.05) is 25.7 Å². The maximum Gasteiger partial charge on any atom is 0.113 e. The predicted octanol–water partition coefficient (Wildman–Crippen LogP) is 2.65. The first kappa shape index (κ1) is 7.84. The van der Waals surface area contributed by atoms with Crippen LogP contribution in [0, 0.1) is 6.20 Å². The molecule has 0 aliphatic heterocycles. The lowest BCUT2D eigenvalue weighted by atomic mass is 9.97. The highest BCUT2D eigenvalue weighted by Gasteiger charge is 2.14. The van der Waals surface area contributed by atoms with Gasteiger partial charge >= 0.3 is 0 Å². The van der Waals surface area contributed by atoms with Crippen LogP contribution < -0.4 is 0 Å². The Balaban J connectivity index is 2.02. The van der Waals surface area contributed by atoms with E-state index in [0.717, 1.165) is 5.92 Å². The van der Waals surface area contributed by atoms with Crippen LogP contribution in [-0.4, -0.2) is 10.2 Å². The minimum Gasteiger partial charge on any atom is -0.282 e. The second-order valence-corrected chi connectivity index (χ2v) is 3.64. The van der Waals surface area contributed by atoms with Gasteiger partial charge in [0.2, 0.25) is 0 Å². The van der Waals surface area contributed by atoms with Crippen LogP contribution in [0.5, 0.6) is 0 Å². The van der Waals surface area contributed by atoms with Crippen LogP contribution in [0.2, 0.25) is 0 Å². The number of nitrogens with zero attached hydrogens (tertiary/aromatic N) is 1. The highest BCUT2D eigenvalue weighted by molar-refractivity contribution is 5.04. The van der Waals surface area contributed by atoms with Gasteiger partial charge in [0, 0.05) is 11.6 Å². The van der Waals surface area contributed by atoms with E-state index in [1.165, 1.54) is 44.2 Å². The van der Waals surface area contributed by atoms with Crippen LogP contribution >= 0.6 is 0 Å². The van der Waals surface area contributed by atoms with Crippen molar-refractivity contribution in [3.05, 3.63) is 18.0 Å². The molecule has 1 fully saturated rings. The fourth-order valence-corrected chi connectivity index (χ4v) is 2.03. The van der Waals surface area contributed by atoms with Gasteiger partial charge in [-0.3, -0.25) is 5.10 Å². The van der Waals surface area contributed by atoms with Gasteiger partial charge in [-0.2, -0.15) is 5.10 Å². The minimum absolute atomic E-state index is 0.728. The van der Waals surface area contributed by atoms with E-state index in [2.05, 4.69) is 16.4 Å². The molecule has 0 saturated heterocycles. The molecule has 2 rings (SSSR count). The first-order chi connectivity index (χ1) is 5.97. The van der Waals surface area contributed by atoms with Crippen LogP contribution in [0.25, 0.3) is 0 Å². The molecule has 1 saturated carbocycles. The maximum absolute atomic E-state index is 3.88. The smallest absolute Gasteiger partial charge is 0.113 e. The van der Waals surface area contributed by atoms with Crippen LogP contribution in [0.3, 0.4) is 0 Å². The number of hydrogen-bond acceptors (Lipinski definition) is 1. The molecular weight excluding hydrogens is 148 g/mol. The summed E-state index contributed by atoms with van der Waals surface area (Å²) in [5.41, 5.74) is 1.29. The van der Waals surface area contributed by atoms with E-state index in [1.54, 1.807) is 0 Å². The highest BCUT2D eigenvalue weighted by Crippen LogP contribution is 2.29. The standard InChI is InChI=1S/C10H15N2/c1-2-4-6-9(5-3-1)10-7-8-11-12-10/h7,9H,1-6H2,(H,11,12). The second-order valence-electron chi connectivity index (χ2n) is 3.64. The Morgan fingerprint density at radius 3 is 2.58 bits per heavy atom. The Morgan fingerprint density at radius 2 is 2.00 bits per heavy atom. The van der Waals surface area contributed by atoms with E-state index in [1.807, 2.05) is 6.07 Å². The topological polar surface area (TPSA) is 28.7 Å². The Morgan fingerprint density at radius 1 is 1.25 bits per heavy atom. The van der Waals surface area contributed by atoms with Crippen molar-refractivity contribution >= 4 is 0 Å². The normalized spacial score (nSPS) is 20.7. The Kier molecular flexibility index (Phi) is 2.45. The molecule has 0 atom stereocenters. The molecule has 0 spiro atoms.